The molecule has 4 rings (SSSR count). The molecule has 2 aromatic rings. The van der Waals surface area contributed by atoms with Crippen molar-refractivity contribution in [2.24, 2.45) is 5.41 Å². The lowest BCUT2D eigenvalue weighted by Gasteiger charge is -2.43. The van der Waals surface area contributed by atoms with Gasteiger partial charge in [0, 0.05) is 35.7 Å². The molecule has 3 heteroatoms. The maximum absolute atomic E-state index is 13.3. The second-order valence-electron chi connectivity index (χ2n) is 9.22. The zero-order chi connectivity index (χ0) is 20.8. The van der Waals surface area contributed by atoms with Gasteiger partial charge in [-0.1, -0.05) is 62.7 Å². The van der Waals surface area contributed by atoms with Crippen LogP contribution in [0.5, 0.6) is 0 Å². The first-order chi connectivity index (χ1) is 13.8. The van der Waals surface area contributed by atoms with Gasteiger partial charge >= 0.3 is 0 Å². The maximum Gasteiger partial charge on any atom is 0.232 e. The van der Waals surface area contributed by atoms with E-state index in [2.05, 4.69) is 45.0 Å². The molecule has 1 heterocycles. The fourth-order valence-corrected chi connectivity index (χ4v) is 4.68. The van der Waals surface area contributed by atoms with Gasteiger partial charge in [0.05, 0.1) is 0 Å². The van der Waals surface area contributed by atoms with Gasteiger partial charge in [-0.15, -0.1) is 0 Å². The van der Waals surface area contributed by atoms with Crippen molar-refractivity contribution < 1.29 is 9.59 Å². The lowest BCUT2D eigenvalue weighted by molar-refractivity contribution is -0.121. The van der Waals surface area contributed by atoms with Gasteiger partial charge < -0.3 is 0 Å². The summed E-state index contributed by atoms with van der Waals surface area (Å²) in [6, 6.07) is 16.4. The van der Waals surface area contributed by atoms with Crippen LogP contribution in [-0.4, -0.2) is 11.7 Å². The summed E-state index contributed by atoms with van der Waals surface area (Å²) in [6.07, 6.45) is 2.58. The van der Waals surface area contributed by atoms with E-state index >= 15 is 0 Å². The first kappa shape index (κ1) is 19.6. The number of hydrogen-bond acceptors (Lipinski definition) is 2. The van der Waals surface area contributed by atoms with Crippen molar-refractivity contribution in [3.63, 3.8) is 0 Å². The highest BCUT2D eigenvalue weighted by Crippen LogP contribution is 2.48. The van der Waals surface area contributed by atoms with Crippen molar-refractivity contribution in [2.75, 3.05) is 4.90 Å². The van der Waals surface area contributed by atoms with Gasteiger partial charge in [0.2, 0.25) is 5.91 Å². The fraction of sp³-hybridized carbons (Fsp3) is 0.385. The third-order valence-corrected chi connectivity index (χ3v) is 6.23. The number of benzene rings is 2. The summed E-state index contributed by atoms with van der Waals surface area (Å²) < 4.78 is 0. The van der Waals surface area contributed by atoms with Crippen molar-refractivity contribution in [1.29, 1.82) is 0 Å². The largest absolute Gasteiger partial charge is 0.294 e. The molecule has 0 fully saturated rings. The van der Waals surface area contributed by atoms with Gasteiger partial charge in [-0.25, -0.2) is 0 Å². The topological polar surface area (TPSA) is 37.4 Å². The summed E-state index contributed by atoms with van der Waals surface area (Å²) in [5, 5.41) is 0. The standard InChI is InChI=1S/C26H29NO2/c1-5-18-8-10-19(11-9-18)21-14-24(29)27(20-12-6-17(2)7-13-20)22-15-26(3,4)16-23(28)25(21)22/h6-13,21H,5,14-16H2,1-4H3. The monoisotopic (exact) mass is 387 g/mol. The Bertz CT molecular complexity index is 980. The number of carbonyl (C=O) groups is 2. The molecule has 0 N–H and O–H groups in total. The molecule has 0 radical (unpaired) electrons. The number of carbonyl (C=O) groups excluding carboxylic acids is 2. The second-order valence-corrected chi connectivity index (χ2v) is 9.22. The molecule has 3 nitrogen and oxygen atoms in total. The number of hydrogen-bond donors (Lipinski definition) is 0. The zero-order valence-corrected chi connectivity index (χ0v) is 17.8. The molecule has 150 valence electrons. The van der Waals surface area contributed by atoms with Crippen LogP contribution in [0.1, 0.15) is 62.6 Å². The number of amides is 1. The molecule has 1 aliphatic heterocycles. The van der Waals surface area contributed by atoms with Crippen LogP contribution in [0.2, 0.25) is 0 Å². The molecule has 1 atom stereocenters. The van der Waals surface area contributed by atoms with Crippen molar-refractivity contribution >= 4 is 17.4 Å². The first-order valence-corrected chi connectivity index (χ1v) is 10.5. The van der Waals surface area contributed by atoms with Crippen LogP contribution in [-0.2, 0) is 16.0 Å². The van der Waals surface area contributed by atoms with Crippen molar-refractivity contribution in [2.45, 2.75) is 59.3 Å². The highest BCUT2D eigenvalue weighted by Gasteiger charge is 2.44. The molecule has 0 aromatic heterocycles. The van der Waals surface area contributed by atoms with E-state index in [1.807, 2.05) is 36.1 Å². The van der Waals surface area contributed by atoms with Gasteiger partial charge in [-0.05, 0) is 48.4 Å². The lowest BCUT2D eigenvalue weighted by Crippen LogP contribution is -2.43. The van der Waals surface area contributed by atoms with Gasteiger partial charge in [0.1, 0.15) is 0 Å². The van der Waals surface area contributed by atoms with E-state index in [-0.39, 0.29) is 23.0 Å². The lowest BCUT2D eigenvalue weighted by atomic mass is 9.69. The second kappa shape index (κ2) is 7.29. The van der Waals surface area contributed by atoms with Crippen LogP contribution in [0.15, 0.2) is 59.8 Å². The molecule has 0 saturated carbocycles. The van der Waals surface area contributed by atoms with Crippen molar-refractivity contribution in [1.82, 2.24) is 0 Å². The first-order valence-electron chi connectivity index (χ1n) is 10.5. The Morgan fingerprint density at radius 1 is 0.966 bits per heavy atom. The summed E-state index contributed by atoms with van der Waals surface area (Å²) in [5.41, 5.74) is 5.94. The van der Waals surface area contributed by atoms with Gasteiger partial charge in [-0.2, -0.15) is 0 Å². The quantitative estimate of drug-likeness (QED) is 0.675. The summed E-state index contributed by atoms with van der Waals surface area (Å²) >= 11 is 0. The average Bonchev–Trinajstić information content (AvgIpc) is 2.67. The van der Waals surface area contributed by atoms with Gasteiger partial charge in [0.15, 0.2) is 5.78 Å². The van der Waals surface area contributed by atoms with Gasteiger partial charge in [0.25, 0.3) is 0 Å². The maximum atomic E-state index is 13.3. The summed E-state index contributed by atoms with van der Waals surface area (Å²) in [4.78, 5) is 28.4. The van der Waals surface area contributed by atoms with Crippen molar-refractivity contribution in [3.8, 4) is 0 Å². The molecule has 0 bridgehead atoms. The number of aryl methyl sites for hydroxylation is 2. The predicted molar refractivity (Wildman–Crippen MR) is 117 cm³/mol. The van der Waals surface area contributed by atoms with E-state index in [1.54, 1.807) is 0 Å². The molecule has 1 aliphatic carbocycles. The summed E-state index contributed by atoms with van der Waals surface area (Å²) in [7, 11) is 0. The van der Waals surface area contributed by atoms with Crippen LogP contribution >= 0.6 is 0 Å². The average molecular weight is 388 g/mol. The van der Waals surface area contributed by atoms with Crippen LogP contribution in [0.4, 0.5) is 5.69 Å². The Morgan fingerprint density at radius 3 is 2.24 bits per heavy atom. The molecule has 1 unspecified atom stereocenters. The van der Waals surface area contributed by atoms with E-state index in [0.29, 0.717) is 12.8 Å². The minimum absolute atomic E-state index is 0.0719. The number of anilines is 1. The predicted octanol–water partition coefficient (Wildman–Crippen LogP) is 5.72. The molecular weight excluding hydrogens is 358 g/mol. The number of ketones is 1. The molecule has 29 heavy (non-hydrogen) atoms. The Balaban J connectivity index is 1.85. The van der Waals surface area contributed by atoms with E-state index in [1.165, 1.54) is 5.56 Å². The van der Waals surface area contributed by atoms with Crippen LogP contribution in [0, 0.1) is 12.3 Å². The van der Waals surface area contributed by atoms with Crippen LogP contribution < -0.4 is 4.90 Å². The van der Waals surface area contributed by atoms with Crippen LogP contribution in [0.25, 0.3) is 0 Å². The third kappa shape index (κ3) is 3.66. The summed E-state index contributed by atoms with van der Waals surface area (Å²) in [5.74, 6) is 0.113. The molecule has 1 amide bonds. The summed E-state index contributed by atoms with van der Waals surface area (Å²) in [6.45, 7) is 8.40. The third-order valence-electron chi connectivity index (χ3n) is 6.23. The van der Waals surface area contributed by atoms with E-state index in [4.69, 9.17) is 0 Å². The highest BCUT2D eigenvalue weighted by molar-refractivity contribution is 6.07. The van der Waals surface area contributed by atoms with E-state index in [0.717, 1.165) is 40.9 Å². The van der Waals surface area contributed by atoms with E-state index in [9.17, 15) is 9.59 Å². The molecule has 2 aliphatic rings. The minimum atomic E-state index is -0.146. The SMILES string of the molecule is CCc1ccc(C2CC(=O)N(c3ccc(C)cc3)C3=C2C(=O)CC(C)(C)C3)cc1. The number of Topliss-reactive ketones (excluding diaryl/α,β-unsaturated/α-hetero) is 1. The van der Waals surface area contributed by atoms with E-state index < -0.39 is 0 Å². The highest BCUT2D eigenvalue weighted by atomic mass is 16.2. The zero-order valence-electron chi connectivity index (χ0n) is 17.8. The Morgan fingerprint density at radius 2 is 1.62 bits per heavy atom. The smallest absolute Gasteiger partial charge is 0.232 e. The fourth-order valence-electron chi connectivity index (χ4n) is 4.68. The molecule has 0 spiro atoms. The number of rotatable bonds is 3. The van der Waals surface area contributed by atoms with Gasteiger partial charge in [-0.3, -0.25) is 14.5 Å². The Kier molecular flexibility index (Phi) is 4.94. The number of allylic oxidation sites excluding steroid dienone is 2. The minimum Gasteiger partial charge on any atom is -0.294 e. The normalized spacial score (nSPS) is 21.4. The Hall–Kier alpha value is -2.68. The molecule has 0 saturated heterocycles. The van der Waals surface area contributed by atoms with Crippen LogP contribution in [0.3, 0.4) is 0 Å². The number of nitrogens with zero attached hydrogens (tertiary/aromatic N) is 1. The van der Waals surface area contributed by atoms with Crippen molar-refractivity contribution in [3.05, 3.63) is 76.5 Å². The molecular formula is C26H29NO2. The Labute approximate surface area is 173 Å². The molecule has 2 aromatic carbocycles.